The monoisotopic (exact) mass is 323 g/mol. The lowest BCUT2D eigenvalue weighted by Gasteiger charge is -2.24. The van der Waals surface area contributed by atoms with Gasteiger partial charge in [-0.3, -0.25) is 0 Å². The van der Waals surface area contributed by atoms with Crippen LogP contribution in [-0.4, -0.2) is 25.8 Å². The van der Waals surface area contributed by atoms with Gasteiger partial charge < -0.3 is 0 Å². The lowest BCUT2D eigenvalue weighted by Crippen LogP contribution is -2.34. The molecule has 1 aromatic heterocycles. The lowest BCUT2D eigenvalue weighted by molar-refractivity contribution is 0.340. The van der Waals surface area contributed by atoms with E-state index in [1.807, 2.05) is 12.3 Å². The van der Waals surface area contributed by atoms with E-state index in [4.69, 9.17) is 11.6 Å². The highest BCUT2D eigenvalue weighted by molar-refractivity contribution is 7.91. The maximum absolute atomic E-state index is 12.6. The summed E-state index contributed by atoms with van der Waals surface area (Å²) >= 11 is 6.98. The van der Waals surface area contributed by atoms with Gasteiger partial charge in [-0.15, -0.1) is 22.9 Å². The van der Waals surface area contributed by atoms with Gasteiger partial charge in [-0.2, -0.15) is 4.31 Å². The molecule has 19 heavy (non-hydrogen) atoms. The van der Waals surface area contributed by atoms with Crippen molar-refractivity contribution in [1.29, 1.82) is 0 Å². The summed E-state index contributed by atoms with van der Waals surface area (Å²) in [5, 5.41) is 1.81. The highest BCUT2D eigenvalue weighted by Crippen LogP contribution is 2.26. The molecule has 0 aromatic carbocycles. The lowest BCUT2D eigenvalue weighted by atomic mass is 10.0. The van der Waals surface area contributed by atoms with E-state index in [1.54, 1.807) is 10.4 Å². The smallest absolute Gasteiger partial charge is 0.206 e. The molecule has 0 spiro atoms. The van der Waals surface area contributed by atoms with E-state index < -0.39 is 10.0 Å². The third-order valence-corrected chi connectivity index (χ3v) is 7.06. The topological polar surface area (TPSA) is 37.4 Å². The van der Waals surface area contributed by atoms with Crippen molar-refractivity contribution in [2.75, 3.05) is 13.1 Å². The zero-order valence-electron chi connectivity index (χ0n) is 11.7. The van der Waals surface area contributed by atoms with E-state index in [0.717, 1.165) is 18.4 Å². The molecule has 1 rings (SSSR count). The van der Waals surface area contributed by atoms with Gasteiger partial charge in [-0.05, 0) is 22.9 Å². The molecule has 0 saturated carbocycles. The van der Waals surface area contributed by atoms with Crippen LogP contribution in [0.2, 0.25) is 0 Å². The molecule has 0 radical (unpaired) electrons. The van der Waals surface area contributed by atoms with Crippen LogP contribution in [0.15, 0.2) is 15.7 Å². The van der Waals surface area contributed by atoms with Crippen molar-refractivity contribution in [2.24, 2.45) is 5.92 Å². The van der Waals surface area contributed by atoms with E-state index in [2.05, 4.69) is 13.8 Å². The molecule has 0 amide bonds. The van der Waals surface area contributed by atoms with Gasteiger partial charge in [-0.25, -0.2) is 8.42 Å². The largest absolute Gasteiger partial charge is 0.252 e. The van der Waals surface area contributed by atoms with Gasteiger partial charge in [0, 0.05) is 19.0 Å². The van der Waals surface area contributed by atoms with E-state index in [1.165, 1.54) is 11.3 Å². The normalized spacial score (nSPS) is 12.5. The SMILES string of the molecule is CCC(CC)CN(CC)S(=O)(=O)c1cc(CCl)cs1. The number of alkyl halides is 1. The van der Waals surface area contributed by atoms with Crippen LogP contribution >= 0.6 is 22.9 Å². The Morgan fingerprint density at radius 2 is 1.95 bits per heavy atom. The number of sulfonamides is 1. The van der Waals surface area contributed by atoms with Gasteiger partial charge in [0.2, 0.25) is 0 Å². The van der Waals surface area contributed by atoms with Crippen LogP contribution in [0.3, 0.4) is 0 Å². The maximum Gasteiger partial charge on any atom is 0.252 e. The zero-order valence-corrected chi connectivity index (χ0v) is 14.1. The molecule has 0 fully saturated rings. The summed E-state index contributed by atoms with van der Waals surface area (Å²) in [6, 6.07) is 1.68. The van der Waals surface area contributed by atoms with Crippen molar-refractivity contribution in [1.82, 2.24) is 4.31 Å². The number of hydrogen-bond acceptors (Lipinski definition) is 3. The molecule has 6 heteroatoms. The number of rotatable bonds is 8. The summed E-state index contributed by atoms with van der Waals surface area (Å²) < 4.78 is 27.1. The van der Waals surface area contributed by atoms with E-state index >= 15 is 0 Å². The van der Waals surface area contributed by atoms with Crippen molar-refractivity contribution >= 4 is 33.0 Å². The van der Waals surface area contributed by atoms with Crippen molar-refractivity contribution in [3.63, 3.8) is 0 Å². The van der Waals surface area contributed by atoms with Crippen molar-refractivity contribution in [2.45, 2.75) is 43.7 Å². The second-order valence-corrected chi connectivity index (χ2v) is 7.89. The number of nitrogens with zero attached hydrogens (tertiary/aromatic N) is 1. The van der Waals surface area contributed by atoms with Crippen LogP contribution in [0.5, 0.6) is 0 Å². The second kappa shape index (κ2) is 7.62. The third-order valence-electron chi connectivity index (χ3n) is 3.35. The predicted octanol–water partition coefficient (Wildman–Crippen LogP) is 3.93. The molecule has 0 N–H and O–H groups in total. The summed E-state index contributed by atoms with van der Waals surface area (Å²) in [6.07, 6.45) is 2.00. The van der Waals surface area contributed by atoms with Gasteiger partial charge in [0.25, 0.3) is 10.0 Å². The fourth-order valence-electron chi connectivity index (χ4n) is 1.92. The Morgan fingerprint density at radius 3 is 2.37 bits per heavy atom. The minimum atomic E-state index is -3.36. The molecule has 0 saturated heterocycles. The summed E-state index contributed by atoms with van der Waals surface area (Å²) in [5.41, 5.74) is 0.865. The molecule has 1 heterocycles. The van der Waals surface area contributed by atoms with Gasteiger partial charge in [0.05, 0.1) is 0 Å². The van der Waals surface area contributed by atoms with Crippen LogP contribution in [0.1, 0.15) is 39.2 Å². The molecule has 0 unspecified atom stereocenters. The predicted molar refractivity (Wildman–Crippen MR) is 82.4 cm³/mol. The average molecular weight is 324 g/mol. The van der Waals surface area contributed by atoms with Crippen molar-refractivity contribution in [3.8, 4) is 0 Å². The third kappa shape index (κ3) is 4.18. The highest BCUT2D eigenvalue weighted by Gasteiger charge is 2.26. The molecular formula is C13H22ClNO2S2. The van der Waals surface area contributed by atoms with Crippen LogP contribution in [0.25, 0.3) is 0 Å². The molecule has 110 valence electrons. The van der Waals surface area contributed by atoms with E-state index in [0.29, 0.717) is 29.1 Å². The fraction of sp³-hybridized carbons (Fsp3) is 0.692. The zero-order chi connectivity index (χ0) is 14.5. The summed E-state index contributed by atoms with van der Waals surface area (Å²) in [5.74, 6) is 0.771. The Bertz CT molecular complexity index is 481. The van der Waals surface area contributed by atoms with Crippen molar-refractivity contribution < 1.29 is 8.42 Å². The Balaban J connectivity index is 2.95. The first kappa shape index (κ1) is 17.0. The summed E-state index contributed by atoms with van der Waals surface area (Å²) in [6.45, 7) is 7.19. The van der Waals surface area contributed by atoms with Crippen molar-refractivity contribution in [3.05, 3.63) is 17.0 Å². The van der Waals surface area contributed by atoms with Crippen LogP contribution < -0.4 is 0 Å². The first-order valence-electron chi connectivity index (χ1n) is 6.63. The Labute approximate surface area is 125 Å². The summed E-state index contributed by atoms with van der Waals surface area (Å²) in [7, 11) is -3.36. The Hall–Kier alpha value is -0.100. The molecule has 0 aliphatic rings. The summed E-state index contributed by atoms with van der Waals surface area (Å²) in [4.78, 5) is 0. The van der Waals surface area contributed by atoms with Gasteiger partial charge in [0.15, 0.2) is 0 Å². The minimum Gasteiger partial charge on any atom is -0.206 e. The van der Waals surface area contributed by atoms with Crippen LogP contribution in [0, 0.1) is 5.92 Å². The molecule has 3 nitrogen and oxygen atoms in total. The molecule has 0 aliphatic heterocycles. The van der Waals surface area contributed by atoms with Gasteiger partial charge in [0.1, 0.15) is 4.21 Å². The molecular weight excluding hydrogens is 302 g/mol. The Morgan fingerprint density at radius 1 is 1.32 bits per heavy atom. The van der Waals surface area contributed by atoms with Gasteiger partial charge in [-0.1, -0.05) is 33.6 Å². The molecule has 0 aliphatic carbocycles. The molecule has 0 bridgehead atoms. The first-order valence-corrected chi connectivity index (χ1v) is 9.48. The van der Waals surface area contributed by atoms with Crippen LogP contribution in [0.4, 0.5) is 0 Å². The Kier molecular flexibility index (Phi) is 6.80. The number of thiophene rings is 1. The van der Waals surface area contributed by atoms with Crippen LogP contribution in [-0.2, 0) is 15.9 Å². The molecule has 1 aromatic rings. The highest BCUT2D eigenvalue weighted by atomic mass is 35.5. The quantitative estimate of drug-likeness (QED) is 0.680. The average Bonchev–Trinajstić information content (AvgIpc) is 2.89. The van der Waals surface area contributed by atoms with E-state index in [9.17, 15) is 8.42 Å². The van der Waals surface area contributed by atoms with E-state index in [-0.39, 0.29) is 0 Å². The molecule has 0 atom stereocenters. The number of halogens is 1. The standard InChI is InChI=1S/C13H22ClNO2S2/c1-4-11(5-2)9-15(6-3)19(16,17)13-7-12(8-14)10-18-13/h7,10-11H,4-6,8-9H2,1-3H3. The maximum atomic E-state index is 12.6. The number of hydrogen-bond donors (Lipinski definition) is 0. The second-order valence-electron chi connectivity index (χ2n) is 4.55. The first-order chi connectivity index (χ1) is 8.99. The van der Waals surface area contributed by atoms with Gasteiger partial charge >= 0.3 is 0 Å². The minimum absolute atomic E-state index is 0.352. The fourth-order valence-corrected chi connectivity index (χ4v) is 5.05.